The molecule has 0 radical (unpaired) electrons. The largest absolute Gasteiger partial charge is 0.357 e. The molecule has 0 heterocycles. The van der Waals surface area contributed by atoms with Crippen LogP contribution < -0.4 is 0 Å². The second-order valence-electron chi connectivity index (χ2n) is 2.96. The molecule has 0 aliphatic rings. The molecular weight excluding hydrogens is 156 g/mol. The van der Waals surface area contributed by atoms with Crippen molar-refractivity contribution in [3.8, 4) is 0 Å². The highest BCUT2D eigenvalue weighted by molar-refractivity contribution is 7.85. The monoisotopic (exact) mass is 168 g/mol. The van der Waals surface area contributed by atoms with Gasteiger partial charge in [0.2, 0.25) is 0 Å². The van der Waals surface area contributed by atoms with Gasteiger partial charge in [-0.2, -0.15) is 8.42 Å². The molecule has 0 spiro atoms. The zero-order valence-electron chi connectivity index (χ0n) is 6.29. The van der Waals surface area contributed by atoms with Gasteiger partial charge in [-0.1, -0.05) is 0 Å². The van der Waals surface area contributed by atoms with Crippen molar-refractivity contribution in [3.05, 3.63) is 0 Å². The Balaban J connectivity index is 3.79. The number of ether oxygens (including phenoxy) is 1. The predicted octanol–water partition coefficient (Wildman–Crippen LogP) is 0.647. The first kappa shape index (κ1) is 9.87. The van der Waals surface area contributed by atoms with Crippen molar-refractivity contribution in [2.24, 2.45) is 0 Å². The van der Waals surface area contributed by atoms with E-state index < -0.39 is 21.7 Å². The highest BCUT2D eigenvalue weighted by Crippen LogP contribution is 2.06. The van der Waals surface area contributed by atoms with E-state index >= 15 is 0 Å². The zero-order chi connectivity index (χ0) is 8.41. The third-order valence-electron chi connectivity index (χ3n) is 0.641. The Kier molecular flexibility index (Phi) is 2.82. The van der Waals surface area contributed by atoms with Crippen LogP contribution in [0, 0.1) is 0 Å². The van der Waals surface area contributed by atoms with Crippen LogP contribution in [0.2, 0.25) is 0 Å². The molecule has 0 aromatic rings. The first-order chi connectivity index (χ1) is 4.21. The molecule has 4 nitrogen and oxygen atoms in total. The quantitative estimate of drug-likeness (QED) is 0.615. The Morgan fingerprint density at radius 2 is 1.80 bits per heavy atom. The van der Waals surface area contributed by atoms with E-state index in [4.69, 9.17) is 9.29 Å². The Morgan fingerprint density at radius 3 is 1.90 bits per heavy atom. The molecule has 0 aromatic heterocycles. The Labute approximate surface area is 60.9 Å². The van der Waals surface area contributed by atoms with Gasteiger partial charge < -0.3 is 4.74 Å². The lowest BCUT2D eigenvalue weighted by Gasteiger charge is -2.17. The molecule has 0 amide bonds. The van der Waals surface area contributed by atoms with Crippen molar-refractivity contribution in [1.82, 2.24) is 0 Å². The molecule has 0 saturated carbocycles. The minimum absolute atomic E-state index is 0.532. The van der Waals surface area contributed by atoms with Gasteiger partial charge >= 0.3 is 0 Å². The summed E-state index contributed by atoms with van der Waals surface area (Å²) in [5, 5.41) is 0. The summed E-state index contributed by atoms with van der Waals surface area (Å²) in [6, 6.07) is 0. The van der Waals surface area contributed by atoms with E-state index in [1.807, 2.05) is 0 Å². The van der Waals surface area contributed by atoms with Gasteiger partial charge in [-0.15, -0.1) is 0 Å². The predicted molar refractivity (Wildman–Crippen MR) is 37.3 cm³/mol. The van der Waals surface area contributed by atoms with Gasteiger partial charge in [0.15, 0.2) is 5.94 Å². The molecule has 0 fully saturated rings. The summed E-state index contributed by atoms with van der Waals surface area (Å²) >= 11 is 0. The third-order valence-corrected chi connectivity index (χ3v) is 1.06. The van der Waals surface area contributed by atoms with Gasteiger partial charge in [0.1, 0.15) is 0 Å². The molecule has 0 saturated heterocycles. The van der Waals surface area contributed by atoms with Crippen LogP contribution in [0.4, 0.5) is 0 Å². The maximum absolute atomic E-state index is 10.1. The van der Waals surface area contributed by atoms with Crippen LogP contribution in [-0.2, 0) is 14.9 Å². The molecule has 0 unspecified atom stereocenters. The fourth-order valence-electron chi connectivity index (χ4n) is 0.251. The van der Waals surface area contributed by atoms with Crippen LogP contribution in [0.3, 0.4) is 0 Å². The molecule has 0 bridgehead atoms. The van der Waals surface area contributed by atoms with Gasteiger partial charge in [-0.05, 0) is 20.8 Å². The molecular formula is C5H12O4S. The second-order valence-corrected chi connectivity index (χ2v) is 4.36. The van der Waals surface area contributed by atoms with Gasteiger partial charge in [0.05, 0.1) is 5.60 Å². The lowest BCUT2D eigenvalue weighted by molar-refractivity contribution is 0.0228. The van der Waals surface area contributed by atoms with E-state index in [-0.39, 0.29) is 0 Å². The molecule has 62 valence electrons. The summed E-state index contributed by atoms with van der Waals surface area (Å²) in [5.41, 5.74) is -0.532. The van der Waals surface area contributed by atoms with Gasteiger partial charge in [-0.25, -0.2) is 0 Å². The summed E-state index contributed by atoms with van der Waals surface area (Å²) in [6.45, 7) is 5.12. The minimum atomic E-state index is -3.98. The molecule has 0 aliphatic carbocycles. The summed E-state index contributed by atoms with van der Waals surface area (Å²) in [7, 11) is -3.98. The summed E-state index contributed by atoms with van der Waals surface area (Å²) < 4.78 is 33.2. The second kappa shape index (κ2) is 2.86. The molecule has 1 N–H and O–H groups in total. The maximum atomic E-state index is 10.1. The van der Waals surface area contributed by atoms with E-state index in [2.05, 4.69) is 0 Å². The Bertz CT molecular complexity index is 186. The first-order valence-electron chi connectivity index (χ1n) is 2.80. The van der Waals surface area contributed by atoms with Gasteiger partial charge in [-0.3, -0.25) is 4.55 Å². The number of hydrogen-bond donors (Lipinski definition) is 1. The van der Waals surface area contributed by atoms with Crippen LogP contribution in [0.5, 0.6) is 0 Å². The fraction of sp³-hybridized carbons (Fsp3) is 1.00. The van der Waals surface area contributed by atoms with Gasteiger partial charge in [0, 0.05) is 0 Å². The number of rotatable bonds is 2. The first-order valence-corrected chi connectivity index (χ1v) is 4.41. The highest BCUT2D eigenvalue weighted by Gasteiger charge is 2.14. The topological polar surface area (TPSA) is 63.6 Å². The Morgan fingerprint density at radius 1 is 1.40 bits per heavy atom. The smallest absolute Gasteiger partial charge is 0.289 e. The highest BCUT2D eigenvalue weighted by atomic mass is 32.2. The normalized spacial score (nSPS) is 13.6. The van der Waals surface area contributed by atoms with Crippen LogP contribution in [-0.4, -0.2) is 24.5 Å². The summed E-state index contributed by atoms with van der Waals surface area (Å²) in [4.78, 5) is 0. The van der Waals surface area contributed by atoms with Crippen molar-refractivity contribution in [3.63, 3.8) is 0 Å². The minimum Gasteiger partial charge on any atom is -0.357 e. The summed E-state index contributed by atoms with van der Waals surface area (Å²) in [5.74, 6) is -0.642. The molecule has 0 atom stereocenters. The molecule has 10 heavy (non-hydrogen) atoms. The number of hydrogen-bond acceptors (Lipinski definition) is 3. The Hall–Kier alpha value is -0.130. The van der Waals surface area contributed by atoms with E-state index in [1.165, 1.54) is 0 Å². The lowest BCUT2D eigenvalue weighted by atomic mass is 10.2. The van der Waals surface area contributed by atoms with Crippen LogP contribution >= 0.6 is 0 Å². The molecule has 0 aromatic carbocycles. The van der Waals surface area contributed by atoms with E-state index in [9.17, 15) is 8.42 Å². The lowest BCUT2D eigenvalue weighted by Crippen LogP contribution is -2.23. The fourth-order valence-corrected chi connectivity index (χ4v) is 0.754. The van der Waals surface area contributed by atoms with Crippen molar-refractivity contribution in [1.29, 1.82) is 0 Å². The van der Waals surface area contributed by atoms with E-state index in [0.717, 1.165) is 0 Å². The average molecular weight is 168 g/mol. The summed E-state index contributed by atoms with van der Waals surface area (Å²) in [6.07, 6.45) is 0. The van der Waals surface area contributed by atoms with E-state index in [0.29, 0.717) is 0 Å². The van der Waals surface area contributed by atoms with Crippen molar-refractivity contribution >= 4 is 10.1 Å². The van der Waals surface area contributed by atoms with Crippen LogP contribution in [0.15, 0.2) is 0 Å². The van der Waals surface area contributed by atoms with Crippen LogP contribution in [0.1, 0.15) is 20.8 Å². The van der Waals surface area contributed by atoms with Gasteiger partial charge in [0.25, 0.3) is 10.1 Å². The third kappa shape index (κ3) is 7.87. The molecule has 5 heteroatoms. The standard InChI is InChI=1S/C5H12O4S/c1-5(2,3)9-4-10(6,7)8/h4H2,1-3H3,(H,6,7,8). The maximum Gasteiger partial charge on any atom is 0.289 e. The van der Waals surface area contributed by atoms with Crippen LogP contribution in [0.25, 0.3) is 0 Å². The SMILES string of the molecule is CC(C)(C)OCS(=O)(=O)O. The zero-order valence-corrected chi connectivity index (χ0v) is 7.10. The molecule has 0 rings (SSSR count). The van der Waals surface area contributed by atoms with Crippen molar-refractivity contribution < 1.29 is 17.7 Å². The molecule has 0 aliphatic heterocycles. The van der Waals surface area contributed by atoms with E-state index in [1.54, 1.807) is 20.8 Å². The average Bonchev–Trinajstić information content (AvgIpc) is 1.57. The van der Waals surface area contributed by atoms with Crippen molar-refractivity contribution in [2.75, 3.05) is 5.94 Å². The van der Waals surface area contributed by atoms with Crippen molar-refractivity contribution in [2.45, 2.75) is 26.4 Å².